The van der Waals surface area contributed by atoms with Gasteiger partial charge < -0.3 is 16.2 Å². The van der Waals surface area contributed by atoms with Crippen LogP contribution in [0.2, 0.25) is 0 Å². The number of nitrogen functional groups attached to an aromatic ring is 1. The number of nitrogens with two attached hydrogens (primary N) is 1. The molecule has 0 spiro atoms. The van der Waals surface area contributed by atoms with Crippen molar-refractivity contribution in [2.45, 2.75) is 32.3 Å². The lowest BCUT2D eigenvalue weighted by atomic mass is 10.2. The zero-order chi connectivity index (χ0) is 13.3. The van der Waals surface area contributed by atoms with Gasteiger partial charge in [-0.1, -0.05) is 6.92 Å². The number of aromatic nitrogens is 2. The van der Waals surface area contributed by atoms with E-state index >= 15 is 0 Å². The molecule has 1 fully saturated rings. The molecule has 0 aliphatic heterocycles. The highest BCUT2D eigenvalue weighted by Crippen LogP contribution is 2.32. The van der Waals surface area contributed by atoms with E-state index in [1.165, 1.54) is 4.68 Å². The van der Waals surface area contributed by atoms with Crippen LogP contribution in [0.25, 0.3) is 0 Å². The van der Waals surface area contributed by atoms with E-state index in [0.717, 1.165) is 18.5 Å². The van der Waals surface area contributed by atoms with Crippen molar-refractivity contribution in [1.29, 1.82) is 0 Å². The van der Waals surface area contributed by atoms with E-state index in [4.69, 9.17) is 5.73 Å². The summed E-state index contributed by atoms with van der Waals surface area (Å²) in [6.07, 6.45) is 2.34. The monoisotopic (exact) mass is 252 g/mol. The summed E-state index contributed by atoms with van der Waals surface area (Å²) in [7, 11) is 1.70. The van der Waals surface area contributed by atoms with E-state index in [2.05, 4.69) is 10.4 Å². The Bertz CT molecular complexity index is 451. The van der Waals surface area contributed by atoms with Gasteiger partial charge in [-0.3, -0.25) is 9.48 Å². The molecule has 1 aromatic rings. The lowest BCUT2D eigenvalue weighted by Gasteiger charge is -2.11. The third-order valence-electron chi connectivity index (χ3n) is 3.35. The van der Waals surface area contributed by atoms with Gasteiger partial charge in [0, 0.05) is 13.6 Å². The molecule has 0 saturated heterocycles. The molecule has 0 bridgehead atoms. The minimum absolute atomic E-state index is 0.273. The normalized spacial score (nSPS) is 16.6. The van der Waals surface area contributed by atoms with Crippen LogP contribution in [0.1, 0.15) is 35.9 Å². The van der Waals surface area contributed by atoms with Gasteiger partial charge >= 0.3 is 0 Å². The summed E-state index contributed by atoms with van der Waals surface area (Å²) >= 11 is 0. The number of carbonyl (C=O) groups excluding carboxylic acids is 1. The Morgan fingerprint density at radius 1 is 1.67 bits per heavy atom. The minimum atomic E-state index is -0.450. The number of aliphatic hydroxyl groups excluding tert-OH is 1. The molecule has 1 atom stereocenters. The molecule has 1 unspecified atom stereocenters. The second kappa shape index (κ2) is 4.97. The quantitative estimate of drug-likeness (QED) is 0.691. The Labute approximate surface area is 106 Å². The number of hydrogen-bond donors (Lipinski definition) is 3. The summed E-state index contributed by atoms with van der Waals surface area (Å²) in [5.74, 6) is 0.0716. The summed E-state index contributed by atoms with van der Waals surface area (Å²) in [6, 6.07) is 0. The summed E-state index contributed by atoms with van der Waals surface area (Å²) in [4.78, 5) is 12.0. The minimum Gasteiger partial charge on any atom is -0.395 e. The summed E-state index contributed by atoms with van der Waals surface area (Å²) in [5.41, 5.74) is 7.41. The van der Waals surface area contributed by atoms with Gasteiger partial charge in [0.05, 0.1) is 17.5 Å². The van der Waals surface area contributed by atoms with Crippen molar-refractivity contribution < 1.29 is 9.90 Å². The Kier molecular flexibility index (Phi) is 3.56. The number of nitrogens with zero attached hydrogens (tertiary/aromatic N) is 2. The van der Waals surface area contributed by atoms with Crippen molar-refractivity contribution in [3.8, 4) is 0 Å². The lowest BCUT2D eigenvalue weighted by Crippen LogP contribution is -2.34. The van der Waals surface area contributed by atoms with Crippen LogP contribution in [0.3, 0.4) is 0 Å². The van der Waals surface area contributed by atoms with Crippen LogP contribution in [-0.2, 0) is 13.5 Å². The third kappa shape index (κ3) is 2.48. The highest BCUT2D eigenvalue weighted by Gasteiger charge is 2.30. The average Bonchev–Trinajstić information content (AvgIpc) is 3.13. The molecule has 1 saturated carbocycles. The third-order valence-corrected chi connectivity index (χ3v) is 3.35. The molecule has 1 aromatic heterocycles. The molecule has 0 aromatic carbocycles. The van der Waals surface area contributed by atoms with Crippen molar-refractivity contribution in [1.82, 2.24) is 15.1 Å². The zero-order valence-electron chi connectivity index (χ0n) is 10.8. The summed E-state index contributed by atoms with van der Waals surface area (Å²) < 4.78 is 1.49. The predicted molar refractivity (Wildman–Crippen MR) is 68.1 cm³/mol. The van der Waals surface area contributed by atoms with Gasteiger partial charge in [0.25, 0.3) is 5.91 Å². The number of aryl methyl sites for hydroxylation is 2. The fourth-order valence-corrected chi connectivity index (χ4v) is 2.06. The number of anilines is 1. The first-order valence-corrected chi connectivity index (χ1v) is 6.32. The van der Waals surface area contributed by atoms with Gasteiger partial charge in [-0.15, -0.1) is 0 Å². The van der Waals surface area contributed by atoms with E-state index in [1.54, 1.807) is 7.05 Å². The van der Waals surface area contributed by atoms with Crippen LogP contribution in [-0.4, -0.2) is 33.4 Å². The largest absolute Gasteiger partial charge is 0.395 e. The molecule has 0 radical (unpaired) electrons. The van der Waals surface area contributed by atoms with E-state index in [-0.39, 0.29) is 12.5 Å². The van der Waals surface area contributed by atoms with Crippen molar-refractivity contribution >= 4 is 11.6 Å². The maximum atomic E-state index is 12.0. The number of aliphatic hydroxyl groups is 1. The number of amides is 1. The first kappa shape index (κ1) is 12.9. The molecule has 4 N–H and O–H groups in total. The smallest absolute Gasteiger partial charge is 0.271 e. The van der Waals surface area contributed by atoms with Gasteiger partial charge in [0.2, 0.25) is 0 Å². The maximum Gasteiger partial charge on any atom is 0.271 e. The SMILES string of the molecule is CCc1nn(C)c(C(=O)NCC(O)C2CC2)c1N. The van der Waals surface area contributed by atoms with Gasteiger partial charge in [-0.25, -0.2) is 0 Å². The van der Waals surface area contributed by atoms with E-state index in [0.29, 0.717) is 23.7 Å². The van der Waals surface area contributed by atoms with Crippen LogP contribution in [0.5, 0.6) is 0 Å². The van der Waals surface area contributed by atoms with Crippen LogP contribution in [0.15, 0.2) is 0 Å². The Morgan fingerprint density at radius 3 is 2.83 bits per heavy atom. The van der Waals surface area contributed by atoms with Gasteiger partial charge in [0.1, 0.15) is 5.69 Å². The Morgan fingerprint density at radius 2 is 2.33 bits per heavy atom. The molecule has 6 heteroatoms. The van der Waals surface area contributed by atoms with Crippen molar-refractivity contribution in [2.75, 3.05) is 12.3 Å². The maximum absolute atomic E-state index is 12.0. The van der Waals surface area contributed by atoms with Crippen LogP contribution in [0, 0.1) is 5.92 Å². The van der Waals surface area contributed by atoms with Crippen LogP contribution >= 0.6 is 0 Å². The number of hydrogen-bond acceptors (Lipinski definition) is 4. The molecular weight excluding hydrogens is 232 g/mol. The predicted octanol–water partition coefficient (Wildman–Crippen LogP) is 0.0654. The van der Waals surface area contributed by atoms with E-state index < -0.39 is 6.10 Å². The first-order valence-electron chi connectivity index (χ1n) is 6.32. The lowest BCUT2D eigenvalue weighted by molar-refractivity contribution is 0.0893. The van der Waals surface area contributed by atoms with Crippen molar-refractivity contribution in [3.63, 3.8) is 0 Å². The Balaban J connectivity index is 2.01. The van der Waals surface area contributed by atoms with E-state index in [9.17, 15) is 9.90 Å². The second-order valence-electron chi connectivity index (χ2n) is 4.80. The average molecular weight is 252 g/mol. The molecule has 6 nitrogen and oxygen atoms in total. The molecule has 100 valence electrons. The Hall–Kier alpha value is -1.56. The topological polar surface area (TPSA) is 93.2 Å². The van der Waals surface area contributed by atoms with Gasteiger partial charge in [0.15, 0.2) is 0 Å². The van der Waals surface area contributed by atoms with Crippen LogP contribution < -0.4 is 11.1 Å². The molecular formula is C12H20N4O2. The summed E-state index contributed by atoms with van der Waals surface area (Å²) in [6.45, 7) is 2.22. The molecule has 2 rings (SSSR count). The fourth-order valence-electron chi connectivity index (χ4n) is 2.06. The first-order chi connectivity index (χ1) is 8.54. The van der Waals surface area contributed by atoms with Gasteiger partial charge in [-0.05, 0) is 25.2 Å². The van der Waals surface area contributed by atoms with Crippen molar-refractivity contribution in [3.05, 3.63) is 11.4 Å². The molecule has 1 aliphatic rings. The van der Waals surface area contributed by atoms with Gasteiger partial charge in [-0.2, -0.15) is 5.10 Å². The van der Waals surface area contributed by atoms with Crippen LogP contribution in [0.4, 0.5) is 5.69 Å². The van der Waals surface area contributed by atoms with Crippen molar-refractivity contribution in [2.24, 2.45) is 13.0 Å². The summed E-state index contributed by atoms with van der Waals surface area (Å²) in [5, 5.41) is 16.6. The standard InChI is InChI=1S/C12H20N4O2/c1-3-8-10(13)11(16(2)15-8)12(18)14-6-9(17)7-4-5-7/h7,9,17H,3-6,13H2,1-2H3,(H,14,18). The molecule has 1 heterocycles. The highest BCUT2D eigenvalue weighted by molar-refractivity contribution is 5.97. The fraction of sp³-hybridized carbons (Fsp3) is 0.667. The highest BCUT2D eigenvalue weighted by atomic mass is 16.3. The number of carbonyl (C=O) groups is 1. The zero-order valence-corrected chi connectivity index (χ0v) is 10.8. The molecule has 18 heavy (non-hydrogen) atoms. The molecule has 1 amide bonds. The second-order valence-corrected chi connectivity index (χ2v) is 4.80. The number of rotatable bonds is 5. The number of nitrogens with one attached hydrogen (secondary N) is 1. The van der Waals surface area contributed by atoms with E-state index in [1.807, 2.05) is 6.92 Å². The molecule has 1 aliphatic carbocycles.